The van der Waals surface area contributed by atoms with Gasteiger partial charge in [-0.2, -0.15) is 0 Å². The van der Waals surface area contributed by atoms with Gasteiger partial charge in [0.25, 0.3) is 5.91 Å². The standard InChI is InChI=1S/C17H17N3O3S/c1-2-13-9-14-16(19-10-20-17(14)24-13)23-12-5-3-4-11(8-12)15(22)18-6-7-21/h3-5,8-10,21H,2,6-7H2,1H3,(H,18,22). The van der Waals surface area contributed by atoms with Crippen LogP contribution in [0.4, 0.5) is 0 Å². The molecule has 0 saturated carbocycles. The zero-order valence-corrected chi connectivity index (χ0v) is 14.0. The molecule has 0 aliphatic rings. The van der Waals surface area contributed by atoms with Crippen LogP contribution in [0.15, 0.2) is 36.7 Å². The number of nitrogens with one attached hydrogen (secondary N) is 1. The Morgan fingerprint density at radius 1 is 1.33 bits per heavy atom. The number of rotatable bonds is 6. The van der Waals surface area contributed by atoms with Crippen molar-refractivity contribution in [2.45, 2.75) is 13.3 Å². The summed E-state index contributed by atoms with van der Waals surface area (Å²) >= 11 is 1.62. The molecule has 2 heterocycles. The largest absolute Gasteiger partial charge is 0.438 e. The number of fused-ring (bicyclic) bond motifs is 1. The molecular weight excluding hydrogens is 326 g/mol. The first-order valence-corrected chi connectivity index (χ1v) is 8.43. The molecule has 6 nitrogen and oxygen atoms in total. The predicted octanol–water partition coefficient (Wildman–Crippen LogP) is 2.77. The van der Waals surface area contributed by atoms with Crippen molar-refractivity contribution >= 4 is 27.5 Å². The van der Waals surface area contributed by atoms with Crippen LogP contribution in [-0.2, 0) is 6.42 Å². The van der Waals surface area contributed by atoms with E-state index < -0.39 is 0 Å². The Morgan fingerprint density at radius 3 is 3.00 bits per heavy atom. The Kier molecular flexibility index (Phi) is 5.02. The molecule has 3 rings (SSSR count). The Bertz CT molecular complexity index is 863. The van der Waals surface area contributed by atoms with Gasteiger partial charge in [-0.15, -0.1) is 11.3 Å². The lowest BCUT2D eigenvalue weighted by Gasteiger charge is -2.08. The quantitative estimate of drug-likeness (QED) is 0.719. The van der Waals surface area contributed by atoms with E-state index in [4.69, 9.17) is 9.84 Å². The number of thiophene rings is 1. The third-order valence-electron chi connectivity index (χ3n) is 3.40. The molecule has 1 amide bonds. The zero-order valence-electron chi connectivity index (χ0n) is 13.2. The van der Waals surface area contributed by atoms with Crippen LogP contribution in [0.25, 0.3) is 10.2 Å². The number of hydrogen-bond donors (Lipinski definition) is 2. The monoisotopic (exact) mass is 343 g/mol. The summed E-state index contributed by atoms with van der Waals surface area (Å²) in [5.74, 6) is 0.742. The summed E-state index contributed by atoms with van der Waals surface area (Å²) in [5.41, 5.74) is 0.464. The predicted molar refractivity (Wildman–Crippen MR) is 92.7 cm³/mol. The number of aromatic nitrogens is 2. The second-order valence-electron chi connectivity index (χ2n) is 5.07. The van der Waals surface area contributed by atoms with Crippen LogP contribution in [0.5, 0.6) is 11.6 Å². The van der Waals surface area contributed by atoms with Gasteiger partial charge in [0.1, 0.15) is 16.9 Å². The number of ether oxygens (including phenoxy) is 1. The topological polar surface area (TPSA) is 84.3 Å². The first-order valence-electron chi connectivity index (χ1n) is 7.61. The second kappa shape index (κ2) is 7.37. The van der Waals surface area contributed by atoms with Gasteiger partial charge >= 0.3 is 0 Å². The molecule has 124 valence electrons. The SMILES string of the molecule is CCc1cc2c(Oc3cccc(C(=O)NCCO)c3)ncnc2s1. The highest BCUT2D eigenvalue weighted by Gasteiger charge is 2.11. The van der Waals surface area contributed by atoms with Crippen LogP contribution in [0.3, 0.4) is 0 Å². The molecule has 0 atom stereocenters. The van der Waals surface area contributed by atoms with E-state index in [2.05, 4.69) is 22.2 Å². The normalized spacial score (nSPS) is 10.8. The summed E-state index contributed by atoms with van der Waals surface area (Å²) in [6, 6.07) is 8.88. The fraction of sp³-hybridized carbons (Fsp3) is 0.235. The van der Waals surface area contributed by atoms with E-state index >= 15 is 0 Å². The molecule has 0 fully saturated rings. The first-order chi connectivity index (χ1) is 11.7. The minimum Gasteiger partial charge on any atom is -0.438 e. The van der Waals surface area contributed by atoms with Gasteiger partial charge in [-0.05, 0) is 30.7 Å². The average Bonchev–Trinajstić information content (AvgIpc) is 3.04. The molecule has 7 heteroatoms. The molecule has 2 N–H and O–H groups in total. The van der Waals surface area contributed by atoms with Gasteiger partial charge < -0.3 is 15.2 Å². The highest BCUT2D eigenvalue weighted by molar-refractivity contribution is 7.18. The Balaban J connectivity index is 1.86. The number of nitrogens with zero attached hydrogens (tertiary/aromatic N) is 2. The van der Waals surface area contributed by atoms with Crippen LogP contribution < -0.4 is 10.1 Å². The van der Waals surface area contributed by atoms with Crippen molar-refractivity contribution in [1.29, 1.82) is 0 Å². The smallest absolute Gasteiger partial charge is 0.251 e. The maximum Gasteiger partial charge on any atom is 0.251 e. The van der Waals surface area contributed by atoms with Crippen LogP contribution in [-0.4, -0.2) is 34.1 Å². The lowest BCUT2D eigenvalue weighted by atomic mass is 10.2. The van der Waals surface area contributed by atoms with Crippen molar-refractivity contribution in [1.82, 2.24) is 15.3 Å². The van der Waals surface area contributed by atoms with Gasteiger partial charge in [-0.3, -0.25) is 4.79 Å². The maximum atomic E-state index is 12.0. The van der Waals surface area contributed by atoms with Gasteiger partial charge in [0.05, 0.1) is 12.0 Å². The van der Waals surface area contributed by atoms with Gasteiger partial charge in [0.15, 0.2) is 0 Å². The number of aliphatic hydroxyl groups excluding tert-OH is 1. The third kappa shape index (κ3) is 3.52. The number of hydrogen-bond acceptors (Lipinski definition) is 6. The summed E-state index contributed by atoms with van der Waals surface area (Å²) in [7, 11) is 0. The van der Waals surface area contributed by atoms with E-state index in [1.54, 1.807) is 35.6 Å². The molecule has 0 spiro atoms. The number of aryl methyl sites for hydroxylation is 1. The molecule has 2 aromatic heterocycles. The van der Waals surface area contributed by atoms with Crippen molar-refractivity contribution in [2.24, 2.45) is 0 Å². The lowest BCUT2D eigenvalue weighted by Crippen LogP contribution is -2.26. The highest BCUT2D eigenvalue weighted by atomic mass is 32.1. The molecule has 0 bridgehead atoms. The fourth-order valence-corrected chi connectivity index (χ4v) is 3.15. The van der Waals surface area contributed by atoms with Crippen LogP contribution in [0.1, 0.15) is 22.2 Å². The van der Waals surface area contributed by atoms with Crippen LogP contribution >= 0.6 is 11.3 Å². The van der Waals surface area contributed by atoms with Gasteiger partial charge in [0.2, 0.25) is 5.88 Å². The molecule has 0 aliphatic carbocycles. The molecule has 0 radical (unpaired) electrons. The number of carbonyl (C=O) groups excluding carboxylic acids is 1. The lowest BCUT2D eigenvalue weighted by molar-refractivity contribution is 0.0944. The number of benzene rings is 1. The van der Waals surface area contributed by atoms with E-state index in [1.165, 1.54) is 11.2 Å². The number of aliphatic hydroxyl groups is 1. The number of amides is 1. The van der Waals surface area contributed by atoms with E-state index in [9.17, 15) is 4.79 Å². The van der Waals surface area contributed by atoms with Gasteiger partial charge in [0, 0.05) is 17.0 Å². The van der Waals surface area contributed by atoms with E-state index in [0.717, 1.165) is 16.6 Å². The van der Waals surface area contributed by atoms with Crippen molar-refractivity contribution < 1.29 is 14.6 Å². The van der Waals surface area contributed by atoms with Crippen molar-refractivity contribution in [3.63, 3.8) is 0 Å². The Labute approximate surface area is 143 Å². The molecule has 24 heavy (non-hydrogen) atoms. The minimum absolute atomic E-state index is 0.0984. The van der Waals surface area contributed by atoms with Crippen molar-refractivity contribution in [3.8, 4) is 11.6 Å². The fourth-order valence-electron chi connectivity index (χ4n) is 2.22. The third-order valence-corrected chi connectivity index (χ3v) is 4.59. The summed E-state index contributed by atoms with van der Waals surface area (Å²) in [6.07, 6.45) is 2.41. The van der Waals surface area contributed by atoms with Gasteiger partial charge in [-0.25, -0.2) is 9.97 Å². The number of carbonyl (C=O) groups is 1. The second-order valence-corrected chi connectivity index (χ2v) is 6.19. The van der Waals surface area contributed by atoms with E-state index in [-0.39, 0.29) is 19.1 Å². The molecular formula is C17H17N3O3S. The van der Waals surface area contributed by atoms with Crippen molar-refractivity contribution in [3.05, 3.63) is 47.1 Å². The molecule has 0 aliphatic heterocycles. The zero-order chi connectivity index (χ0) is 16.9. The molecule has 0 saturated heterocycles. The summed E-state index contributed by atoms with van der Waals surface area (Å²) < 4.78 is 5.87. The van der Waals surface area contributed by atoms with Crippen molar-refractivity contribution in [2.75, 3.05) is 13.2 Å². The summed E-state index contributed by atoms with van der Waals surface area (Å²) in [6.45, 7) is 2.21. The van der Waals surface area contributed by atoms with Crippen LogP contribution in [0, 0.1) is 0 Å². The summed E-state index contributed by atoms with van der Waals surface area (Å²) in [4.78, 5) is 22.5. The molecule has 0 unspecified atom stereocenters. The first kappa shape index (κ1) is 16.4. The van der Waals surface area contributed by atoms with E-state index in [0.29, 0.717) is 17.2 Å². The molecule has 1 aromatic carbocycles. The maximum absolute atomic E-state index is 12.0. The molecule has 3 aromatic rings. The van der Waals surface area contributed by atoms with E-state index in [1.807, 2.05) is 6.07 Å². The highest BCUT2D eigenvalue weighted by Crippen LogP contribution is 2.32. The Morgan fingerprint density at radius 2 is 2.21 bits per heavy atom. The van der Waals surface area contributed by atoms with Crippen LogP contribution in [0.2, 0.25) is 0 Å². The van der Waals surface area contributed by atoms with Gasteiger partial charge in [-0.1, -0.05) is 13.0 Å². The summed E-state index contributed by atoms with van der Waals surface area (Å²) in [5, 5.41) is 12.3. The minimum atomic E-state index is -0.258. The average molecular weight is 343 g/mol. The Hall–Kier alpha value is -2.51.